The number of pyridine rings is 1. The van der Waals surface area contributed by atoms with Gasteiger partial charge in [0.1, 0.15) is 10.7 Å². The van der Waals surface area contributed by atoms with Gasteiger partial charge in [-0.05, 0) is 19.1 Å². The van der Waals surface area contributed by atoms with Gasteiger partial charge in [-0.3, -0.25) is 14.2 Å². The molecule has 9 heteroatoms. The van der Waals surface area contributed by atoms with E-state index in [9.17, 15) is 14.0 Å². The summed E-state index contributed by atoms with van der Waals surface area (Å²) in [5.74, 6) is -0.394. The molecule has 4 aromatic rings. The van der Waals surface area contributed by atoms with Crippen LogP contribution in [0.4, 0.5) is 4.39 Å². The number of thiophene rings is 1. The highest BCUT2D eigenvalue weighted by atomic mass is 32.1. The Hall–Kier alpha value is -2.91. The highest BCUT2D eigenvalue weighted by molar-refractivity contribution is 7.22. The van der Waals surface area contributed by atoms with E-state index in [-0.39, 0.29) is 17.0 Å². The van der Waals surface area contributed by atoms with Crippen molar-refractivity contribution in [1.29, 1.82) is 0 Å². The highest BCUT2D eigenvalue weighted by Gasteiger charge is 2.25. The molecule has 1 saturated heterocycles. The van der Waals surface area contributed by atoms with Crippen molar-refractivity contribution in [3.8, 4) is 10.4 Å². The van der Waals surface area contributed by atoms with Gasteiger partial charge in [0.05, 0.1) is 17.5 Å². The number of aryl methyl sites for hydroxylation is 1. The number of nitrogens with one attached hydrogen (secondary N) is 1. The molecule has 142 valence electrons. The Kier molecular flexibility index (Phi) is 3.88. The van der Waals surface area contributed by atoms with Crippen LogP contribution in [0.2, 0.25) is 0 Å². The lowest BCUT2D eigenvalue weighted by molar-refractivity contribution is -0.123. The SMILES string of the molecule is Cc1cn2cc(-c3cc4ncn(C5CNCCC5=O)c(=O)c4s3)cc(F)c2n1. The smallest absolute Gasteiger partial charge is 0.272 e. The zero-order valence-corrected chi connectivity index (χ0v) is 15.8. The van der Waals surface area contributed by atoms with Crippen molar-refractivity contribution in [2.45, 2.75) is 19.4 Å². The summed E-state index contributed by atoms with van der Waals surface area (Å²) in [6.45, 7) is 2.86. The fourth-order valence-electron chi connectivity index (χ4n) is 3.59. The van der Waals surface area contributed by atoms with Crippen LogP contribution in [0.5, 0.6) is 0 Å². The van der Waals surface area contributed by atoms with E-state index in [2.05, 4.69) is 15.3 Å². The fourth-order valence-corrected chi connectivity index (χ4v) is 4.62. The number of halogens is 1. The van der Waals surface area contributed by atoms with Gasteiger partial charge in [-0.1, -0.05) is 0 Å². The molecule has 1 unspecified atom stereocenters. The molecule has 4 aromatic heterocycles. The van der Waals surface area contributed by atoms with E-state index in [4.69, 9.17) is 0 Å². The summed E-state index contributed by atoms with van der Waals surface area (Å²) >= 11 is 1.25. The molecule has 5 heterocycles. The summed E-state index contributed by atoms with van der Waals surface area (Å²) in [7, 11) is 0. The van der Waals surface area contributed by atoms with Crippen LogP contribution < -0.4 is 10.9 Å². The minimum atomic E-state index is -0.536. The van der Waals surface area contributed by atoms with Crippen molar-refractivity contribution >= 4 is 33.0 Å². The number of carbonyl (C=O) groups is 1. The molecule has 1 aliphatic heterocycles. The molecule has 0 aromatic carbocycles. The summed E-state index contributed by atoms with van der Waals surface area (Å²) in [6, 6.07) is 2.66. The molecule has 7 nitrogen and oxygen atoms in total. The largest absolute Gasteiger partial charge is 0.314 e. The monoisotopic (exact) mass is 397 g/mol. The van der Waals surface area contributed by atoms with Gasteiger partial charge in [-0.25, -0.2) is 14.4 Å². The van der Waals surface area contributed by atoms with Gasteiger partial charge >= 0.3 is 0 Å². The van der Waals surface area contributed by atoms with Gasteiger partial charge in [0.15, 0.2) is 17.2 Å². The topological polar surface area (TPSA) is 81.3 Å². The first-order valence-corrected chi connectivity index (χ1v) is 9.72. The van der Waals surface area contributed by atoms with Crippen LogP contribution in [-0.4, -0.2) is 37.8 Å². The third-order valence-electron chi connectivity index (χ3n) is 4.97. The molecule has 5 rings (SSSR count). The summed E-state index contributed by atoms with van der Waals surface area (Å²) in [4.78, 5) is 34.4. The maximum Gasteiger partial charge on any atom is 0.272 e. The van der Waals surface area contributed by atoms with Crippen LogP contribution in [0.3, 0.4) is 0 Å². The quantitative estimate of drug-likeness (QED) is 0.561. The van der Waals surface area contributed by atoms with Crippen LogP contribution in [0, 0.1) is 12.7 Å². The van der Waals surface area contributed by atoms with Gasteiger partial charge in [-0.2, -0.15) is 0 Å². The van der Waals surface area contributed by atoms with Crippen molar-refractivity contribution in [3.63, 3.8) is 0 Å². The van der Waals surface area contributed by atoms with Gasteiger partial charge in [-0.15, -0.1) is 11.3 Å². The van der Waals surface area contributed by atoms with Gasteiger partial charge < -0.3 is 9.72 Å². The Balaban J connectivity index is 1.63. The molecule has 0 radical (unpaired) electrons. The Bertz CT molecular complexity index is 1310. The maximum absolute atomic E-state index is 14.4. The lowest BCUT2D eigenvalue weighted by Gasteiger charge is -2.23. The van der Waals surface area contributed by atoms with Crippen LogP contribution in [-0.2, 0) is 4.79 Å². The van der Waals surface area contributed by atoms with E-state index < -0.39 is 11.9 Å². The van der Waals surface area contributed by atoms with Gasteiger partial charge in [0.2, 0.25) is 0 Å². The summed E-state index contributed by atoms with van der Waals surface area (Å²) in [6.07, 6.45) is 5.37. The zero-order valence-electron chi connectivity index (χ0n) is 15.0. The molecule has 28 heavy (non-hydrogen) atoms. The van der Waals surface area contributed by atoms with Crippen LogP contribution >= 0.6 is 11.3 Å². The number of hydrogen-bond donors (Lipinski definition) is 1. The first kappa shape index (κ1) is 17.2. The standard InChI is InChI=1S/C19H16FN5O2S/c1-10-7-24-8-11(4-12(20)18(24)23-10)16-5-13-17(28-16)19(27)25(9-22-13)14-6-21-3-2-15(14)26/h4-5,7-9,14,21H,2-3,6H2,1H3. The number of piperidine rings is 1. The number of rotatable bonds is 2. The molecule has 0 spiro atoms. The molecule has 1 aliphatic rings. The van der Waals surface area contributed by atoms with E-state index in [1.54, 1.807) is 29.8 Å². The second kappa shape index (κ2) is 6.32. The predicted octanol–water partition coefficient (Wildman–Crippen LogP) is 2.32. The van der Waals surface area contributed by atoms with Crippen molar-refractivity contribution in [2.75, 3.05) is 13.1 Å². The average Bonchev–Trinajstić information content (AvgIpc) is 3.27. The predicted molar refractivity (Wildman–Crippen MR) is 104 cm³/mol. The van der Waals surface area contributed by atoms with E-state index in [0.29, 0.717) is 35.3 Å². The molecule has 0 aliphatic carbocycles. The number of fused-ring (bicyclic) bond motifs is 2. The minimum absolute atomic E-state index is 0.0294. The second-order valence-corrected chi connectivity index (χ2v) is 7.96. The van der Waals surface area contributed by atoms with E-state index in [0.717, 1.165) is 10.6 Å². The molecule has 1 fully saturated rings. The Morgan fingerprint density at radius 3 is 2.96 bits per heavy atom. The maximum atomic E-state index is 14.4. The van der Waals surface area contributed by atoms with Crippen molar-refractivity contribution < 1.29 is 9.18 Å². The molecular formula is C19H16FN5O2S. The number of aromatic nitrogens is 4. The number of hydrogen-bond acceptors (Lipinski definition) is 6. The van der Waals surface area contributed by atoms with Crippen LogP contribution in [0.25, 0.3) is 26.3 Å². The molecule has 0 amide bonds. The summed E-state index contributed by atoms with van der Waals surface area (Å²) in [5.41, 5.74) is 1.93. The number of ketones is 1. The summed E-state index contributed by atoms with van der Waals surface area (Å²) < 4.78 is 17.9. The van der Waals surface area contributed by atoms with E-state index in [1.807, 2.05) is 0 Å². The molecule has 0 bridgehead atoms. The first-order valence-electron chi connectivity index (χ1n) is 8.90. The van der Waals surface area contributed by atoms with Crippen molar-refractivity contribution in [3.05, 3.63) is 52.7 Å². The molecular weight excluding hydrogens is 381 g/mol. The lowest BCUT2D eigenvalue weighted by atomic mass is 10.1. The van der Waals surface area contributed by atoms with Crippen molar-refractivity contribution in [2.24, 2.45) is 0 Å². The van der Waals surface area contributed by atoms with Crippen molar-refractivity contribution in [1.82, 2.24) is 24.3 Å². The fraction of sp³-hybridized carbons (Fsp3) is 0.263. The third-order valence-corrected chi connectivity index (χ3v) is 6.13. The van der Waals surface area contributed by atoms with E-state index in [1.165, 1.54) is 28.3 Å². The number of imidazole rings is 1. The number of Topliss-reactive ketones (excluding diaryl/α,β-unsaturated/α-hetero) is 1. The Morgan fingerprint density at radius 1 is 1.29 bits per heavy atom. The third kappa shape index (κ3) is 2.66. The first-order chi connectivity index (χ1) is 13.5. The molecule has 0 saturated carbocycles. The van der Waals surface area contributed by atoms with Crippen LogP contribution in [0.1, 0.15) is 18.2 Å². The Morgan fingerprint density at radius 2 is 2.14 bits per heavy atom. The summed E-state index contributed by atoms with van der Waals surface area (Å²) in [5, 5.41) is 3.14. The highest BCUT2D eigenvalue weighted by Crippen LogP contribution is 2.32. The lowest BCUT2D eigenvalue weighted by Crippen LogP contribution is -2.42. The Labute approximate surface area is 162 Å². The van der Waals surface area contributed by atoms with Crippen LogP contribution in [0.15, 0.2) is 35.6 Å². The van der Waals surface area contributed by atoms with Gasteiger partial charge in [0.25, 0.3) is 5.56 Å². The minimum Gasteiger partial charge on any atom is -0.314 e. The zero-order chi connectivity index (χ0) is 19.4. The average molecular weight is 397 g/mol. The van der Waals surface area contributed by atoms with E-state index >= 15 is 0 Å². The van der Waals surface area contributed by atoms with Gasteiger partial charge in [0, 0.05) is 42.3 Å². The molecule has 1 N–H and O–H groups in total. The number of nitrogens with zero attached hydrogens (tertiary/aromatic N) is 4. The molecule has 1 atom stereocenters. The normalized spacial score (nSPS) is 17.6. The second-order valence-electron chi connectivity index (χ2n) is 6.91. The number of carbonyl (C=O) groups excluding carboxylic acids is 1.